The van der Waals surface area contributed by atoms with E-state index in [2.05, 4.69) is 5.16 Å². The summed E-state index contributed by atoms with van der Waals surface area (Å²) >= 11 is 0. The highest BCUT2D eigenvalue weighted by Gasteiger charge is 2.24. The first-order valence-electron chi connectivity index (χ1n) is 6.25. The molecule has 0 radical (unpaired) electrons. The molecule has 0 bridgehead atoms. The van der Waals surface area contributed by atoms with Crippen molar-refractivity contribution in [3.05, 3.63) is 28.3 Å². The number of nitrogens with two attached hydrogens (primary N) is 1. The SMILES string of the molecule is COc1ccc(OCCC(C)(C)C(N)=NO)c([N+](=O)[O-])c1. The molecule has 0 aliphatic carbocycles. The summed E-state index contributed by atoms with van der Waals surface area (Å²) in [5.74, 6) is 0.609. The van der Waals surface area contributed by atoms with Crippen LogP contribution in [0.5, 0.6) is 11.5 Å². The molecule has 0 heterocycles. The molecule has 3 N–H and O–H groups in total. The maximum Gasteiger partial charge on any atom is 0.314 e. The van der Waals surface area contributed by atoms with Crippen LogP contribution in [0.25, 0.3) is 0 Å². The second-order valence-corrected chi connectivity index (χ2v) is 5.06. The van der Waals surface area contributed by atoms with E-state index >= 15 is 0 Å². The Hall–Kier alpha value is -2.51. The molecule has 0 aromatic heterocycles. The van der Waals surface area contributed by atoms with Crippen LogP contribution >= 0.6 is 0 Å². The average molecular weight is 297 g/mol. The molecule has 0 aliphatic heterocycles. The highest BCUT2D eigenvalue weighted by Crippen LogP contribution is 2.31. The van der Waals surface area contributed by atoms with Crippen LogP contribution in [-0.2, 0) is 0 Å². The summed E-state index contributed by atoms with van der Waals surface area (Å²) in [4.78, 5) is 10.5. The van der Waals surface area contributed by atoms with Gasteiger partial charge in [-0.1, -0.05) is 19.0 Å². The van der Waals surface area contributed by atoms with E-state index in [1.54, 1.807) is 19.9 Å². The molecule has 1 aromatic carbocycles. The zero-order valence-corrected chi connectivity index (χ0v) is 12.2. The quantitative estimate of drug-likeness (QED) is 0.261. The molecule has 0 aliphatic rings. The van der Waals surface area contributed by atoms with Crippen LogP contribution in [0.4, 0.5) is 5.69 Å². The normalized spacial score (nSPS) is 12.0. The van der Waals surface area contributed by atoms with Crippen LogP contribution in [0, 0.1) is 15.5 Å². The number of oxime groups is 1. The van der Waals surface area contributed by atoms with Gasteiger partial charge in [-0.25, -0.2) is 0 Å². The second kappa shape index (κ2) is 6.78. The Balaban J connectivity index is 2.78. The number of nitro groups is 1. The van der Waals surface area contributed by atoms with E-state index in [4.69, 9.17) is 20.4 Å². The van der Waals surface area contributed by atoms with Crippen molar-refractivity contribution in [1.82, 2.24) is 0 Å². The largest absolute Gasteiger partial charge is 0.496 e. The number of hydrogen-bond acceptors (Lipinski definition) is 6. The van der Waals surface area contributed by atoms with Gasteiger partial charge in [-0.05, 0) is 18.6 Å². The Labute approximate surface area is 122 Å². The lowest BCUT2D eigenvalue weighted by Crippen LogP contribution is -2.33. The van der Waals surface area contributed by atoms with Crippen LogP contribution < -0.4 is 15.2 Å². The number of benzene rings is 1. The lowest BCUT2D eigenvalue weighted by molar-refractivity contribution is -0.386. The molecular weight excluding hydrogens is 278 g/mol. The topological polar surface area (TPSA) is 120 Å². The molecule has 0 spiro atoms. The first kappa shape index (κ1) is 16.5. The molecule has 0 unspecified atom stereocenters. The zero-order valence-electron chi connectivity index (χ0n) is 12.2. The van der Waals surface area contributed by atoms with Gasteiger partial charge in [0.25, 0.3) is 0 Å². The molecule has 0 atom stereocenters. The molecule has 8 heteroatoms. The van der Waals surface area contributed by atoms with Crippen molar-refractivity contribution in [3.63, 3.8) is 0 Å². The summed E-state index contributed by atoms with van der Waals surface area (Å²) in [5, 5.41) is 22.7. The fourth-order valence-electron chi connectivity index (χ4n) is 1.57. The number of nitrogens with zero attached hydrogens (tertiary/aromatic N) is 2. The number of rotatable bonds is 7. The molecule has 0 fully saturated rings. The minimum Gasteiger partial charge on any atom is -0.496 e. The van der Waals surface area contributed by atoms with E-state index in [1.165, 1.54) is 19.2 Å². The third kappa shape index (κ3) is 4.23. The third-order valence-electron chi connectivity index (χ3n) is 3.15. The second-order valence-electron chi connectivity index (χ2n) is 5.06. The summed E-state index contributed by atoms with van der Waals surface area (Å²) in [6, 6.07) is 4.36. The number of hydrogen-bond donors (Lipinski definition) is 2. The van der Waals surface area contributed by atoms with Crippen LogP contribution in [0.1, 0.15) is 20.3 Å². The Morgan fingerprint density at radius 3 is 2.71 bits per heavy atom. The molecule has 1 aromatic rings. The van der Waals surface area contributed by atoms with Gasteiger partial charge in [0, 0.05) is 5.41 Å². The molecule has 0 amide bonds. The molecule has 0 saturated carbocycles. The Bertz CT molecular complexity index is 543. The smallest absolute Gasteiger partial charge is 0.314 e. The molecular formula is C13H19N3O5. The fourth-order valence-corrected chi connectivity index (χ4v) is 1.57. The monoisotopic (exact) mass is 297 g/mol. The van der Waals surface area contributed by atoms with Crippen LogP contribution in [0.15, 0.2) is 23.4 Å². The number of ether oxygens (including phenoxy) is 2. The summed E-state index contributed by atoms with van der Waals surface area (Å²) in [7, 11) is 1.43. The maximum absolute atomic E-state index is 11.0. The van der Waals surface area contributed by atoms with E-state index in [9.17, 15) is 10.1 Å². The first-order chi connectivity index (χ1) is 9.81. The molecule has 0 saturated heterocycles. The number of amidine groups is 1. The van der Waals surface area contributed by atoms with Gasteiger partial charge in [-0.15, -0.1) is 0 Å². The Kier molecular flexibility index (Phi) is 5.34. The van der Waals surface area contributed by atoms with Gasteiger partial charge in [-0.3, -0.25) is 10.1 Å². The Morgan fingerprint density at radius 1 is 1.52 bits per heavy atom. The van der Waals surface area contributed by atoms with Crippen molar-refractivity contribution < 1.29 is 19.6 Å². The standard InChI is InChI=1S/C13H19N3O5/c1-13(2,12(14)15-17)6-7-21-11-5-4-9(20-3)8-10(11)16(18)19/h4-5,8,17H,6-7H2,1-3H3,(H2,14,15). The fraction of sp³-hybridized carbons (Fsp3) is 0.462. The van der Waals surface area contributed by atoms with Crippen LogP contribution in [0.2, 0.25) is 0 Å². The lowest BCUT2D eigenvalue weighted by atomic mass is 9.88. The van der Waals surface area contributed by atoms with Crippen molar-refractivity contribution in [2.24, 2.45) is 16.3 Å². The zero-order chi connectivity index (χ0) is 16.0. The van der Waals surface area contributed by atoms with Gasteiger partial charge in [0.05, 0.1) is 24.7 Å². The van der Waals surface area contributed by atoms with Crippen molar-refractivity contribution in [3.8, 4) is 11.5 Å². The minimum absolute atomic E-state index is 0.0790. The van der Waals surface area contributed by atoms with Gasteiger partial charge < -0.3 is 20.4 Å². The summed E-state index contributed by atoms with van der Waals surface area (Å²) in [6.07, 6.45) is 0.437. The van der Waals surface area contributed by atoms with Crippen molar-refractivity contribution in [2.45, 2.75) is 20.3 Å². The summed E-state index contributed by atoms with van der Waals surface area (Å²) in [6.45, 7) is 3.76. The predicted octanol–water partition coefficient (Wildman–Crippen LogP) is 2.14. The molecule has 21 heavy (non-hydrogen) atoms. The Morgan fingerprint density at radius 2 is 2.19 bits per heavy atom. The summed E-state index contributed by atoms with van der Waals surface area (Å²) < 4.78 is 10.4. The van der Waals surface area contributed by atoms with Gasteiger partial charge >= 0.3 is 5.69 Å². The average Bonchev–Trinajstić information content (AvgIpc) is 2.46. The van der Waals surface area contributed by atoms with E-state index < -0.39 is 10.3 Å². The van der Waals surface area contributed by atoms with E-state index in [-0.39, 0.29) is 23.9 Å². The van der Waals surface area contributed by atoms with Crippen molar-refractivity contribution in [2.75, 3.05) is 13.7 Å². The van der Waals surface area contributed by atoms with Gasteiger partial charge in [0.1, 0.15) is 11.6 Å². The minimum atomic E-state index is -0.573. The van der Waals surface area contributed by atoms with Gasteiger partial charge in [-0.2, -0.15) is 0 Å². The molecule has 1 rings (SSSR count). The highest BCUT2D eigenvalue weighted by atomic mass is 16.6. The van der Waals surface area contributed by atoms with E-state index in [1.807, 2.05) is 0 Å². The molecule has 116 valence electrons. The third-order valence-corrected chi connectivity index (χ3v) is 3.15. The van der Waals surface area contributed by atoms with Crippen LogP contribution in [0.3, 0.4) is 0 Å². The first-order valence-corrected chi connectivity index (χ1v) is 6.25. The predicted molar refractivity (Wildman–Crippen MR) is 77.0 cm³/mol. The van der Waals surface area contributed by atoms with E-state index in [0.29, 0.717) is 12.2 Å². The van der Waals surface area contributed by atoms with Crippen molar-refractivity contribution in [1.29, 1.82) is 0 Å². The lowest BCUT2D eigenvalue weighted by Gasteiger charge is -2.22. The number of nitro benzene ring substituents is 1. The highest BCUT2D eigenvalue weighted by molar-refractivity contribution is 5.85. The van der Waals surface area contributed by atoms with Gasteiger partial charge in [0.15, 0.2) is 5.75 Å². The number of methoxy groups -OCH3 is 1. The van der Waals surface area contributed by atoms with E-state index in [0.717, 1.165) is 0 Å². The summed E-state index contributed by atoms with van der Waals surface area (Å²) in [5.41, 5.74) is 4.82. The maximum atomic E-state index is 11.0. The van der Waals surface area contributed by atoms with Crippen LogP contribution in [-0.4, -0.2) is 29.7 Å². The molecule has 8 nitrogen and oxygen atoms in total. The van der Waals surface area contributed by atoms with Crippen molar-refractivity contribution >= 4 is 11.5 Å². The van der Waals surface area contributed by atoms with Gasteiger partial charge in [0.2, 0.25) is 0 Å².